The lowest BCUT2D eigenvalue weighted by Gasteiger charge is -2.04. The van der Waals surface area contributed by atoms with Crippen molar-refractivity contribution in [3.05, 3.63) is 0 Å². The second-order valence-corrected chi connectivity index (χ2v) is 4.32. The first-order valence-electron chi connectivity index (χ1n) is 4.75. The molecule has 2 N–H and O–H groups in total. The second-order valence-electron chi connectivity index (χ2n) is 3.08. The number of carbonyl (C=O) groups excluding carboxylic acids is 1. The molecule has 0 saturated heterocycles. The number of hydrogen-bond donors (Lipinski definition) is 2. The van der Waals surface area contributed by atoms with Crippen molar-refractivity contribution in [3.63, 3.8) is 0 Å². The van der Waals surface area contributed by atoms with Crippen LogP contribution >= 0.6 is 7.82 Å². The summed E-state index contributed by atoms with van der Waals surface area (Å²) in [7, 11) is -4.31. The van der Waals surface area contributed by atoms with Crippen LogP contribution in [0, 0.1) is 0 Å². The van der Waals surface area contributed by atoms with Gasteiger partial charge in [-0.15, -0.1) is 0 Å². The Balaban J connectivity index is 3.12. The molecule has 0 aromatic rings. The lowest BCUT2D eigenvalue weighted by atomic mass is 10.2. The molecule has 0 rings (SSSR count). The van der Waals surface area contributed by atoms with Gasteiger partial charge in [0.2, 0.25) is 0 Å². The third-order valence-electron chi connectivity index (χ3n) is 1.60. The maximum atomic E-state index is 10.4. The van der Waals surface area contributed by atoms with Crippen LogP contribution < -0.4 is 0 Å². The lowest BCUT2D eigenvalue weighted by Crippen LogP contribution is -2.00. The van der Waals surface area contributed by atoms with E-state index in [0.29, 0.717) is 13.0 Å². The molecule has 6 nitrogen and oxygen atoms in total. The van der Waals surface area contributed by atoms with Crippen LogP contribution in [0.1, 0.15) is 32.6 Å². The molecule has 0 fully saturated rings. The quantitative estimate of drug-likeness (QED) is 0.376. The molecule has 90 valence electrons. The molecule has 0 unspecified atom stereocenters. The first-order valence-corrected chi connectivity index (χ1v) is 6.28. The molecular formula is C8H17O6P. The number of phosphoric acid groups is 1. The molecule has 7 heteroatoms. The number of phosphoric ester groups is 1. The minimum absolute atomic E-state index is 0.0534. The van der Waals surface area contributed by atoms with Crippen LogP contribution in [0.3, 0.4) is 0 Å². The molecule has 0 bridgehead atoms. The van der Waals surface area contributed by atoms with E-state index in [1.54, 1.807) is 0 Å². The van der Waals surface area contributed by atoms with Gasteiger partial charge in [0.1, 0.15) is 0 Å². The van der Waals surface area contributed by atoms with Gasteiger partial charge in [-0.3, -0.25) is 9.32 Å². The summed E-state index contributed by atoms with van der Waals surface area (Å²) < 4.78 is 19.2. The Kier molecular flexibility index (Phi) is 7.60. The van der Waals surface area contributed by atoms with Crippen molar-refractivity contribution in [1.82, 2.24) is 0 Å². The SMILES string of the molecule is CC(=O)OCCCCCCOP(=O)(O)O. The monoisotopic (exact) mass is 240 g/mol. The minimum atomic E-state index is -4.31. The van der Waals surface area contributed by atoms with Crippen molar-refractivity contribution in [2.45, 2.75) is 32.6 Å². The highest BCUT2D eigenvalue weighted by atomic mass is 31.2. The molecule has 0 heterocycles. The Morgan fingerprint density at radius 2 is 1.67 bits per heavy atom. The first-order chi connectivity index (χ1) is 6.92. The summed E-state index contributed by atoms with van der Waals surface area (Å²) >= 11 is 0. The van der Waals surface area contributed by atoms with E-state index in [0.717, 1.165) is 19.3 Å². The van der Waals surface area contributed by atoms with Crippen LogP contribution in [0.2, 0.25) is 0 Å². The maximum Gasteiger partial charge on any atom is 0.469 e. The van der Waals surface area contributed by atoms with E-state index in [1.165, 1.54) is 6.92 Å². The van der Waals surface area contributed by atoms with Gasteiger partial charge in [-0.1, -0.05) is 6.42 Å². The Labute approximate surface area is 88.8 Å². The summed E-state index contributed by atoms with van der Waals surface area (Å²) in [5.74, 6) is -0.292. The number of rotatable bonds is 8. The van der Waals surface area contributed by atoms with Crippen LogP contribution in [-0.4, -0.2) is 29.0 Å². The van der Waals surface area contributed by atoms with Gasteiger partial charge >= 0.3 is 13.8 Å². The normalized spacial score (nSPS) is 11.4. The predicted molar refractivity (Wildman–Crippen MR) is 53.1 cm³/mol. The fraction of sp³-hybridized carbons (Fsp3) is 0.875. The summed E-state index contributed by atoms with van der Waals surface area (Å²) in [5, 5.41) is 0. The van der Waals surface area contributed by atoms with E-state index in [9.17, 15) is 9.36 Å². The fourth-order valence-corrected chi connectivity index (χ4v) is 1.32. The molecule has 0 amide bonds. The van der Waals surface area contributed by atoms with E-state index in [4.69, 9.17) is 14.5 Å². The molecule has 0 aliphatic carbocycles. The summed E-state index contributed by atoms with van der Waals surface area (Å²) in [6, 6.07) is 0. The molecule has 15 heavy (non-hydrogen) atoms. The van der Waals surface area contributed by atoms with Gasteiger partial charge in [0.15, 0.2) is 0 Å². The fourth-order valence-electron chi connectivity index (χ4n) is 0.957. The van der Waals surface area contributed by atoms with Gasteiger partial charge in [0, 0.05) is 6.92 Å². The third kappa shape index (κ3) is 13.6. The second kappa shape index (κ2) is 7.82. The molecule has 0 saturated carbocycles. The molecule has 0 aliphatic heterocycles. The van der Waals surface area contributed by atoms with Gasteiger partial charge in [0.05, 0.1) is 13.2 Å². The summed E-state index contributed by atoms with van der Waals surface area (Å²) in [5.41, 5.74) is 0. The van der Waals surface area contributed by atoms with Gasteiger partial charge in [-0.2, -0.15) is 0 Å². The maximum absolute atomic E-state index is 10.4. The summed E-state index contributed by atoms with van der Waals surface area (Å²) in [4.78, 5) is 27.1. The third-order valence-corrected chi connectivity index (χ3v) is 2.12. The number of carbonyl (C=O) groups is 1. The number of hydrogen-bond acceptors (Lipinski definition) is 4. The lowest BCUT2D eigenvalue weighted by molar-refractivity contribution is -0.141. The predicted octanol–water partition coefficient (Wildman–Crippen LogP) is 1.22. The molecular weight excluding hydrogens is 223 g/mol. The zero-order valence-corrected chi connectivity index (χ0v) is 9.61. The van der Waals surface area contributed by atoms with Crippen molar-refractivity contribution < 1.29 is 28.4 Å². The number of esters is 1. The Bertz CT molecular complexity index is 223. The Morgan fingerprint density at radius 1 is 1.13 bits per heavy atom. The van der Waals surface area contributed by atoms with Crippen molar-refractivity contribution in [3.8, 4) is 0 Å². The van der Waals surface area contributed by atoms with Crippen LogP contribution in [0.4, 0.5) is 0 Å². The van der Waals surface area contributed by atoms with Crippen molar-refractivity contribution in [2.24, 2.45) is 0 Å². The van der Waals surface area contributed by atoms with Gasteiger partial charge in [0.25, 0.3) is 0 Å². The molecule has 0 aromatic heterocycles. The number of unbranched alkanes of at least 4 members (excludes halogenated alkanes) is 3. The van der Waals surface area contributed by atoms with E-state index in [1.807, 2.05) is 0 Å². The molecule has 0 aliphatic rings. The zero-order valence-electron chi connectivity index (χ0n) is 8.72. The average molecular weight is 240 g/mol. The van der Waals surface area contributed by atoms with Crippen LogP contribution in [-0.2, 0) is 18.6 Å². The highest BCUT2D eigenvalue weighted by molar-refractivity contribution is 7.46. The van der Waals surface area contributed by atoms with Crippen molar-refractivity contribution >= 4 is 13.8 Å². The van der Waals surface area contributed by atoms with Gasteiger partial charge in [-0.05, 0) is 19.3 Å². The molecule has 0 spiro atoms. The first kappa shape index (κ1) is 14.6. The van der Waals surface area contributed by atoms with E-state index in [2.05, 4.69) is 4.52 Å². The highest BCUT2D eigenvalue weighted by Gasteiger charge is 2.12. The van der Waals surface area contributed by atoms with Crippen molar-refractivity contribution in [2.75, 3.05) is 13.2 Å². The summed E-state index contributed by atoms with van der Waals surface area (Å²) in [6.07, 6.45) is 2.99. The Hall–Kier alpha value is -0.420. The standard InChI is InChI=1S/C8H17O6P/c1-8(9)13-6-4-2-3-5-7-14-15(10,11)12/h2-7H2,1H3,(H2,10,11,12). The van der Waals surface area contributed by atoms with Gasteiger partial charge < -0.3 is 14.5 Å². The van der Waals surface area contributed by atoms with Crippen LogP contribution in [0.25, 0.3) is 0 Å². The smallest absolute Gasteiger partial charge is 0.466 e. The zero-order chi connectivity index (χ0) is 11.7. The molecule has 0 atom stereocenters. The topological polar surface area (TPSA) is 93.1 Å². The van der Waals surface area contributed by atoms with E-state index >= 15 is 0 Å². The van der Waals surface area contributed by atoms with Crippen LogP contribution in [0.15, 0.2) is 0 Å². The van der Waals surface area contributed by atoms with Crippen LogP contribution in [0.5, 0.6) is 0 Å². The van der Waals surface area contributed by atoms with E-state index in [-0.39, 0.29) is 12.6 Å². The molecule has 0 aromatic carbocycles. The van der Waals surface area contributed by atoms with Gasteiger partial charge in [-0.25, -0.2) is 4.57 Å². The highest BCUT2D eigenvalue weighted by Crippen LogP contribution is 2.35. The molecule has 0 radical (unpaired) electrons. The Morgan fingerprint density at radius 3 is 2.13 bits per heavy atom. The summed E-state index contributed by atoms with van der Waals surface area (Å²) in [6.45, 7) is 1.81. The average Bonchev–Trinajstić information content (AvgIpc) is 2.07. The van der Waals surface area contributed by atoms with Crippen molar-refractivity contribution in [1.29, 1.82) is 0 Å². The minimum Gasteiger partial charge on any atom is -0.466 e. The largest absolute Gasteiger partial charge is 0.469 e. The number of ether oxygens (including phenoxy) is 1. The van der Waals surface area contributed by atoms with E-state index < -0.39 is 7.82 Å².